The van der Waals surface area contributed by atoms with Crippen LogP contribution in [-0.2, 0) is 9.53 Å². The van der Waals surface area contributed by atoms with Crippen molar-refractivity contribution < 1.29 is 14.3 Å². The fourth-order valence-electron chi connectivity index (χ4n) is 1.74. The maximum Gasteiger partial charge on any atom is 0.409 e. The molecule has 1 saturated heterocycles. The van der Waals surface area contributed by atoms with Crippen molar-refractivity contribution in [3.8, 4) is 0 Å². The second-order valence-electron chi connectivity index (χ2n) is 4.82. The summed E-state index contributed by atoms with van der Waals surface area (Å²) >= 11 is 0. The van der Waals surface area contributed by atoms with Crippen LogP contribution in [0, 0.1) is 5.92 Å². The number of hydrogen-bond acceptors (Lipinski definition) is 3. The fourth-order valence-corrected chi connectivity index (χ4v) is 1.74. The van der Waals surface area contributed by atoms with E-state index in [9.17, 15) is 9.59 Å². The molecule has 1 aliphatic rings. The minimum atomic E-state index is -0.260. The number of hydrogen-bond donors (Lipinski definition) is 0. The molecule has 2 amide bonds. The summed E-state index contributed by atoms with van der Waals surface area (Å²) in [5, 5.41) is 0. The predicted octanol–water partition coefficient (Wildman–Crippen LogP) is 1.33. The van der Waals surface area contributed by atoms with Crippen LogP contribution in [-0.4, -0.2) is 54.6 Å². The highest BCUT2D eigenvalue weighted by Gasteiger charge is 2.21. The van der Waals surface area contributed by atoms with Crippen molar-refractivity contribution in [1.29, 1.82) is 0 Å². The van der Waals surface area contributed by atoms with Gasteiger partial charge in [0, 0.05) is 33.1 Å². The van der Waals surface area contributed by atoms with Gasteiger partial charge in [-0.25, -0.2) is 4.79 Å². The molecule has 5 nitrogen and oxygen atoms in total. The first-order chi connectivity index (χ1) is 8.00. The predicted molar refractivity (Wildman–Crippen MR) is 64.6 cm³/mol. The van der Waals surface area contributed by atoms with Gasteiger partial charge < -0.3 is 14.5 Å². The zero-order valence-corrected chi connectivity index (χ0v) is 10.9. The van der Waals surface area contributed by atoms with E-state index in [4.69, 9.17) is 4.74 Å². The monoisotopic (exact) mass is 242 g/mol. The summed E-state index contributed by atoms with van der Waals surface area (Å²) in [6.07, 6.45) is 0.556. The second kappa shape index (κ2) is 6.47. The van der Waals surface area contributed by atoms with E-state index in [1.54, 1.807) is 16.7 Å². The molecule has 1 aliphatic heterocycles. The summed E-state index contributed by atoms with van der Waals surface area (Å²) in [5.74, 6) is 0.419. The second-order valence-corrected chi connectivity index (χ2v) is 4.82. The number of carbonyl (C=O) groups is 2. The number of carbonyl (C=O) groups excluding carboxylic acids is 2. The van der Waals surface area contributed by atoms with Gasteiger partial charge in [-0.15, -0.1) is 0 Å². The van der Waals surface area contributed by atoms with E-state index in [-0.39, 0.29) is 12.0 Å². The van der Waals surface area contributed by atoms with Crippen molar-refractivity contribution >= 4 is 12.0 Å². The highest BCUT2D eigenvalue weighted by molar-refractivity contribution is 5.73. The molecular formula is C12H22N2O3. The lowest BCUT2D eigenvalue weighted by Crippen LogP contribution is -2.37. The Morgan fingerprint density at radius 3 is 2.29 bits per heavy atom. The molecule has 0 aromatic heterocycles. The van der Waals surface area contributed by atoms with Crippen LogP contribution in [0.15, 0.2) is 0 Å². The quantitative estimate of drug-likeness (QED) is 0.734. The van der Waals surface area contributed by atoms with Crippen LogP contribution >= 0.6 is 0 Å². The standard InChI is InChI=1S/C12H22N2O3/c1-10(2)9-17-12(16)14-6-4-5-13(7-8-14)11(3)15/h10H,4-9H2,1-3H3. The summed E-state index contributed by atoms with van der Waals surface area (Å²) in [6, 6.07) is 0. The first-order valence-corrected chi connectivity index (χ1v) is 6.18. The third-order valence-electron chi connectivity index (χ3n) is 2.74. The molecule has 1 heterocycles. The molecule has 0 saturated carbocycles. The van der Waals surface area contributed by atoms with Gasteiger partial charge in [-0.05, 0) is 12.3 Å². The Kier molecular flexibility index (Phi) is 5.25. The minimum Gasteiger partial charge on any atom is -0.449 e. The topological polar surface area (TPSA) is 49.9 Å². The van der Waals surface area contributed by atoms with Crippen molar-refractivity contribution in [2.24, 2.45) is 5.92 Å². The molecule has 1 rings (SSSR count). The lowest BCUT2D eigenvalue weighted by Gasteiger charge is -2.21. The molecule has 0 radical (unpaired) electrons. The van der Waals surface area contributed by atoms with E-state index >= 15 is 0 Å². The number of amides is 2. The van der Waals surface area contributed by atoms with Crippen molar-refractivity contribution in [1.82, 2.24) is 9.80 Å². The van der Waals surface area contributed by atoms with Crippen molar-refractivity contribution in [2.45, 2.75) is 27.2 Å². The average molecular weight is 242 g/mol. The Hall–Kier alpha value is -1.26. The molecular weight excluding hydrogens is 220 g/mol. The highest BCUT2D eigenvalue weighted by atomic mass is 16.6. The molecule has 0 unspecified atom stereocenters. The van der Waals surface area contributed by atoms with E-state index in [1.165, 1.54) is 0 Å². The van der Waals surface area contributed by atoms with Crippen LogP contribution in [0.5, 0.6) is 0 Å². The Morgan fingerprint density at radius 2 is 1.71 bits per heavy atom. The smallest absolute Gasteiger partial charge is 0.409 e. The van der Waals surface area contributed by atoms with E-state index in [0.717, 1.165) is 13.0 Å². The van der Waals surface area contributed by atoms with Gasteiger partial charge in [0.25, 0.3) is 0 Å². The number of nitrogens with zero attached hydrogens (tertiary/aromatic N) is 2. The van der Waals surface area contributed by atoms with Crippen molar-refractivity contribution in [3.63, 3.8) is 0 Å². The Balaban J connectivity index is 2.40. The van der Waals surface area contributed by atoms with E-state index in [1.807, 2.05) is 13.8 Å². The van der Waals surface area contributed by atoms with Gasteiger partial charge in [-0.2, -0.15) is 0 Å². The molecule has 0 bridgehead atoms. The summed E-state index contributed by atoms with van der Waals surface area (Å²) < 4.78 is 5.18. The van der Waals surface area contributed by atoms with Crippen LogP contribution in [0.4, 0.5) is 4.79 Å². The van der Waals surface area contributed by atoms with E-state index < -0.39 is 0 Å². The van der Waals surface area contributed by atoms with Gasteiger partial charge in [0.1, 0.15) is 0 Å². The number of rotatable bonds is 2. The highest BCUT2D eigenvalue weighted by Crippen LogP contribution is 2.06. The molecule has 98 valence electrons. The third kappa shape index (κ3) is 4.63. The van der Waals surface area contributed by atoms with Crippen LogP contribution in [0.25, 0.3) is 0 Å². The van der Waals surface area contributed by atoms with Crippen LogP contribution in [0.2, 0.25) is 0 Å². The third-order valence-corrected chi connectivity index (χ3v) is 2.74. The molecule has 0 aromatic carbocycles. The first kappa shape index (κ1) is 13.8. The fraction of sp³-hybridized carbons (Fsp3) is 0.833. The zero-order valence-electron chi connectivity index (χ0n) is 10.9. The molecule has 1 fully saturated rings. The van der Waals surface area contributed by atoms with Crippen LogP contribution in [0.1, 0.15) is 27.2 Å². The molecule has 0 aromatic rings. The zero-order chi connectivity index (χ0) is 12.8. The molecule has 5 heteroatoms. The molecule has 0 N–H and O–H groups in total. The largest absolute Gasteiger partial charge is 0.449 e. The lowest BCUT2D eigenvalue weighted by atomic mass is 10.2. The normalized spacial score (nSPS) is 16.9. The SMILES string of the molecule is CC(=O)N1CCCN(C(=O)OCC(C)C)CC1. The summed E-state index contributed by atoms with van der Waals surface area (Å²) in [6.45, 7) is 8.59. The van der Waals surface area contributed by atoms with E-state index in [2.05, 4.69) is 0 Å². The van der Waals surface area contributed by atoms with Crippen molar-refractivity contribution in [3.05, 3.63) is 0 Å². The molecule has 0 spiro atoms. The lowest BCUT2D eigenvalue weighted by molar-refractivity contribution is -0.128. The van der Waals surface area contributed by atoms with Gasteiger partial charge >= 0.3 is 6.09 Å². The average Bonchev–Trinajstić information content (AvgIpc) is 2.51. The molecule has 0 aliphatic carbocycles. The van der Waals surface area contributed by atoms with E-state index in [0.29, 0.717) is 32.2 Å². The van der Waals surface area contributed by atoms with Crippen LogP contribution in [0.3, 0.4) is 0 Å². The summed E-state index contributed by atoms with van der Waals surface area (Å²) in [5.41, 5.74) is 0. The summed E-state index contributed by atoms with van der Waals surface area (Å²) in [7, 11) is 0. The maximum absolute atomic E-state index is 11.7. The van der Waals surface area contributed by atoms with Gasteiger partial charge in [0.15, 0.2) is 0 Å². The number of ether oxygens (including phenoxy) is 1. The summed E-state index contributed by atoms with van der Waals surface area (Å²) in [4.78, 5) is 26.4. The Morgan fingerprint density at radius 1 is 1.12 bits per heavy atom. The van der Waals surface area contributed by atoms with Crippen molar-refractivity contribution in [2.75, 3.05) is 32.8 Å². The van der Waals surface area contributed by atoms with Crippen LogP contribution < -0.4 is 0 Å². The van der Waals surface area contributed by atoms with Gasteiger partial charge in [-0.3, -0.25) is 4.79 Å². The molecule has 17 heavy (non-hydrogen) atoms. The Bertz CT molecular complexity index is 279. The Labute approximate surface area is 103 Å². The minimum absolute atomic E-state index is 0.0717. The van der Waals surface area contributed by atoms with Gasteiger partial charge in [0.05, 0.1) is 6.61 Å². The maximum atomic E-state index is 11.7. The van der Waals surface area contributed by atoms with Gasteiger partial charge in [-0.1, -0.05) is 13.8 Å². The molecule has 0 atom stereocenters. The van der Waals surface area contributed by atoms with Gasteiger partial charge in [0.2, 0.25) is 5.91 Å². The first-order valence-electron chi connectivity index (χ1n) is 6.18.